The van der Waals surface area contributed by atoms with Gasteiger partial charge in [-0.1, -0.05) is 31.5 Å². The summed E-state index contributed by atoms with van der Waals surface area (Å²) in [6.45, 7) is 2.14. The van der Waals surface area contributed by atoms with E-state index in [0.29, 0.717) is 5.56 Å². The number of ether oxygens (including phenoxy) is 1. The third kappa shape index (κ3) is 4.99. The van der Waals surface area contributed by atoms with Gasteiger partial charge < -0.3 is 9.84 Å². The molecule has 1 rings (SSSR count). The highest BCUT2D eigenvalue weighted by atomic mass is 16.5. The van der Waals surface area contributed by atoms with Crippen LogP contribution in [-0.2, 0) is 9.53 Å². The zero-order valence-corrected chi connectivity index (χ0v) is 10.5. The molecule has 0 fully saturated rings. The number of esters is 1. The van der Waals surface area contributed by atoms with E-state index in [1.807, 2.05) is 13.0 Å². The van der Waals surface area contributed by atoms with Crippen LogP contribution in [0, 0.1) is 5.92 Å². The summed E-state index contributed by atoms with van der Waals surface area (Å²) in [7, 11) is 0. The lowest BCUT2D eigenvalue weighted by Gasteiger charge is -2.14. The highest BCUT2D eigenvalue weighted by molar-refractivity contribution is 5.89. The van der Waals surface area contributed by atoms with Crippen molar-refractivity contribution in [1.82, 2.24) is 0 Å². The number of hydrogen-bond acceptors (Lipinski definition) is 3. The quantitative estimate of drug-likeness (QED) is 0.756. The van der Waals surface area contributed by atoms with Crippen LogP contribution >= 0.6 is 0 Å². The molecule has 0 aromatic heterocycles. The predicted octanol–water partition coefficient (Wildman–Crippen LogP) is 2.73. The van der Waals surface area contributed by atoms with E-state index < -0.39 is 11.9 Å². The summed E-state index contributed by atoms with van der Waals surface area (Å²) in [6, 6.07) is 8.69. The molecular formula is C14H18O4. The summed E-state index contributed by atoms with van der Waals surface area (Å²) < 4.78 is 5.14. The van der Waals surface area contributed by atoms with E-state index >= 15 is 0 Å². The Morgan fingerprint density at radius 2 is 1.94 bits per heavy atom. The average Bonchev–Trinajstić information content (AvgIpc) is 2.36. The molecular weight excluding hydrogens is 232 g/mol. The molecule has 0 bridgehead atoms. The van der Waals surface area contributed by atoms with E-state index in [1.54, 1.807) is 24.3 Å². The molecule has 1 aromatic rings. The Balaban J connectivity index is 2.46. The number of carbonyl (C=O) groups excluding carboxylic acids is 1. The molecule has 18 heavy (non-hydrogen) atoms. The zero-order valence-electron chi connectivity index (χ0n) is 10.5. The van der Waals surface area contributed by atoms with E-state index in [0.717, 1.165) is 12.8 Å². The lowest BCUT2D eigenvalue weighted by Crippen LogP contribution is -2.17. The van der Waals surface area contributed by atoms with E-state index in [-0.39, 0.29) is 18.9 Å². The Kier molecular flexibility index (Phi) is 5.91. The van der Waals surface area contributed by atoms with Crippen molar-refractivity contribution in [2.75, 3.05) is 6.61 Å². The van der Waals surface area contributed by atoms with Crippen LogP contribution < -0.4 is 0 Å². The molecule has 0 radical (unpaired) electrons. The van der Waals surface area contributed by atoms with Crippen LogP contribution in [0.3, 0.4) is 0 Å². The minimum absolute atomic E-state index is 0.0376. The summed E-state index contributed by atoms with van der Waals surface area (Å²) in [4.78, 5) is 22.3. The minimum Gasteiger partial charge on any atom is -0.481 e. The van der Waals surface area contributed by atoms with Crippen molar-refractivity contribution in [3.63, 3.8) is 0 Å². The van der Waals surface area contributed by atoms with Crippen molar-refractivity contribution in [3.8, 4) is 0 Å². The number of rotatable bonds is 7. The number of carbonyl (C=O) groups is 2. The van der Waals surface area contributed by atoms with Crippen molar-refractivity contribution in [2.45, 2.75) is 26.2 Å². The fourth-order valence-electron chi connectivity index (χ4n) is 1.75. The average molecular weight is 250 g/mol. The molecule has 0 amide bonds. The Morgan fingerprint density at radius 1 is 1.28 bits per heavy atom. The lowest BCUT2D eigenvalue weighted by atomic mass is 10.0. The molecule has 1 N–H and O–H groups in total. The molecule has 0 spiro atoms. The molecule has 1 atom stereocenters. The third-order valence-corrected chi connectivity index (χ3v) is 2.62. The van der Waals surface area contributed by atoms with Crippen LogP contribution in [0.1, 0.15) is 36.5 Å². The Bertz CT molecular complexity index is 386. The van der Waals surface area contributed by atoms with E-state index in [2.05, 4.69) is 0 Å². The monoisotopic (exact) mass is 250 g/mol. The second-order valence-corrected chi connectivity index (χ2v) is 4.22. The number of hydrogen-bond donors (Lipinski definition) is 1. The Hall–Kier alpha value is -1.84. The van der Waals surface area contributed by atoms with Crippen molar-refractivity contribution in [3.05, 3.63) is 35.9 Å². The summed E-state index contributed by atoms with van der Waals surface area (Å²) in [5, 5.41) is 8.75. The molecule has 4 heteroatoms. The maximum Gasteiger partial charge on any atom is 0.338 e. The standard InChI is InChI=1S/C14H18O4/c1-2-6-11(9-13(15)16)10-18-14(17)12-7-4-3-5-8-12/h3-5,7-8,11H,2,6,9-10H2,1H3,(H,15,16)/t11-/m1/s1. The summed E-state index contributed by atoms with van der Waals surface area (Å²) in [5.74, 6) is -1.37. The highest BCUT2D eigenvalue weighted by Gasteiger charge is 2.15. The Labute approximate surface area is 107 Å². The molecule has 0 saturated heterocycles. The van der Waals surface area contributed by atoms with Gasteiger partial charge in [-0.15, -0.1) is 0 Å². The summed E-state index contributed by atoms with van der Waals surface area (Å²) >= 11 is 0. The SMILES string of the molecule is CCC[C@@H](COC(=O)c1ccccc1)CC(=O)O. The van der Waals surface area contributed by atoms with Crippen LogP contribution in [0.15, 0.2) is 30.3 Å². The number of carboxylic acids is 1. The fraction of sp³-hybridized carbons (Fsp3) is 0.429. The first-order valence-corrected chi connectivity index (χ1v) is 6.07. The van der Waals surface area contributed by atoms with Gasteiger partial charge in [0.2, 0.25) is 0 Å². The normalized spacial score (nSPS) is 11.8. The second-order valence-electron chi connectivity index (χ2n) is 4.22. The predicted molar refractivity (Wildman–Crippen MR) is 67.4 cm³/mol. The van der Waals surface area contributed by atoms with Gasteiger partial charge >= 0.3 is 11.9 Å². The van der Waals surface area contributed by atoms with E-state index in [4.69, 9.17) is 9.84 Å². The van der Waals surface area contributed by atoms with Gasteiger partial charge in [-0.25, -0.2) is 4.79 Å². The van der Waals surface area contributed by atoms with Gasteiger partial charge in [0.1, 0.15) is 0 Å². The maximum absolute atomic E-state index is 11.7. The van der Waals surface area contributed by atoms with Crippen LogP contribution in [0.5, 0.6) is 0 Å². The first-order valence-electron chi connectivity index (χ1n) is 6.07. The molecule has 0 aliphatic carbocycles. The molecule has 0 unspecified atom stereocenters. The maximum atomic E-state index is 11.7. The van der Waals surface area contributed by atoms with Crippen LogP contribution in [0.2, 0.25) is 0 Å². The first kappa shape index (κ1) is 14.2. The molecule has 0 aliphatic heterocycles. The molecule has 4 nitrogen and oxygen atoms in total. The van der Waals surface area contributed by atoms with Crippen molar-refractivity contribution in [2.24, 2.45) is 5.92 Å². The number of benzene rings is 1. The van der Waals surface area contributed by atoms with Gasteiger partial charge in [-0.05, 0) is 18.6 Å². The zero-order chi connectivity index (χ0) is 13.4. The Morgan fingerprint density at radius 3 is 2.50 bits per heavy atom. The van der Waals surface area contributed by atoms with Gasteiger partial charge in [0, 0.05) is 5.92 Å². The van der Waals surface area contributed by atoms with Crippen LogP contribution in [0.4, 0.5) is 0 Å². The van der Waals surface area contributed by atoms with E-state index in [1.165, 1.54) is 0 Å². The second kappa shape index (κ2) is 7.48. The van der Waals surface area contributed by atoms with Gasteiger partial charge in [-0.2, -0.15) is 0 Å². The lowest BCUT2D eigenvalue weighted by molar-refractivity contribution is -0.138. The fourth-order valence-corrected chi connectivity index (χ4v) is 1.75. The summed E-state index contributed by atoms with van der Waals surface area (Å²) in [6.07, 6.45) is 1.66. The van der Waals surface area contributed by atoms with Gasteiger partial charge in [0.25, 0.3) is 0 Å². The van der Waals surface area contributed by atoms with Gasteiger partial charge in [0.15, 0.2) is 0 Å². The van der Waals surface area contributed by atoms with Crippen molar-refractivity contribution < 1.29 is 19.4 Å². The molecule has 98 valence electrons. The molecule has 1 aromatic carbocycles. The first-order chi connectivity index (χ1) is 8.63. The van der Waals surface area contributed by atoms with Gasteiger partial charge in [0.05, 0.1) is 18.6 Å². The topological polar surface area (TPSA) is 63.6 Å². The third-order valence-electron chi connectivity index (χ3n) is 2.62. The minimum atomic E-state index is -0.857. The summed E-state index contributed by atoms with van der Waals surface area (Å²) in [5.41, 5.74) is 0.489. The van der Waals surface area contributed by atoms with Gasteiger partial charge in [-0.3, -0.25) is 4.79 Å². The van der Waals surface area contributed by atoms with Crippen LogP contribution in [-0.4, -0.2) is 23.7 Å². The van der Waals surface area contributed by atoms with Crippen molar-refractivity contribution in [1.29, 1.82) is 0 Å². The molecule has 0 heterocycles. The molecule has 0 saturated carbocycles. The van der Waals surface area contributed by atoms with Crippen LogP contribution in [0.25, 0.3) is 0 Å². The highest BCUT2D eigenvalue weighted by Crippen LogP contribution is 2.13. The van der Waals surface area contributed by atoms with E-state index in [9.17, 15) is 9.59 Å². The smallest absolute Gasteiger partial charge is 0.338 e. The van der Waals surface area contributed by atoms with Crippen molar-refractivity contribution >= 4 is 11.9 Å². The molecule has 0 aliphatic rings. The number of carboxylic acid groups (broad SMARTS) is 1. The number of aliphatic carboxylic acids is 1. The largest absolute Gasteiger partial charge is 0.481 e.